The molecule has 0 bridgehead atoms. The molecule has 1 aromatic rings. The molecule has 1 nitrogen and oxygen atoms in total. The van der Waals surface area contributed by atoms with E-state index in [1.807, 2.05) is 13.8 Å². The Balaban J connectivity index is 3.56. The molecule has 1 N–H and O–H groups in total. The van der Waals surface area contributed by atoms with Crippen molar-refractivity contribution in [2.45, 2.75) is 32.3 Å². The van der Waals surface area contributed by atoms with Crippen molar-refractivity contribution in [1.29, 1.82) is 0 Å². The normalized spacial score (nSPS) is 10.6. The van der Waals surface area contributed by atoms with E-state index in [0.29, 0.717) is 17.3 Å². The van der Waals surface area contributed by atoms with Gasteiger partial charge in [0.1, 0.15) is 5.75 Å². The molecule has 0 amide bonds. The van der Waals surface area contributed by atoms with Crippen LogP contribution in [0.4, 0.5) is 0 Å². The monoisotopic (exact) mass is 228 g/mol. The molecule has 1 aromatic carbocycles. The van der Waals surface area contributed by atoms with Gasteiger partial charge in [-0.3, -0.25) is 0 Å². The zero-order chi connectivity index (χ0) is 10.9. The summed E-state index contributed by atoms with van der Waals surface area (Å²) in [6, 6.07) is 0. The second-order valence-electron chi connectivity index (χ2n) is 3.50. The van der Waals surface area contributed by atoms with Gasteiger partial charge < -0.3 is 5.11 Å². The van der Waals surface area contributed by atoms with Crippen LogP contribution >= 0.6 is 25.3 Å². The van der Waals surface area contributed by atoms with E-state index in [9.17, 15) is 5.11 Å². The minimum Gasteiger partial charge on any atom is -0.507 e. The van der Waals surface area contributed by atoms with Crippen LogP contribution in [0, 0.1) is 20.8 Å². The third-order valence-corrected chi connectivity index (χ3v) is 3.47. The smallest absolute Gasteiger partial charge is 0.122 e. The van der Waals surface area contributed by atoms with Gasteiger partial charge in [-0.2, -0.15) is 25.3 Å². The molecular weight excluding hydrogens is 212 g/mol. The molecule has 14 heavy (non-hydrogen) atoms. The average Bonchev–Trinajstić information content (AvgIpc) is 2.16. The van der Waals surface area contributed by atoms with E-state index in [1.54, 1.807) is 0 Å². The van der Waals surface area contributed by atoms with E-state index in [-0.39, 0.29) is 0 Å². The van der Waals surface area contributed by atoms with E-state index in [4.69, 9.17) is 0 Å². The van der Waals surface area contributed by atoms with Crippen molar-refractivity contribution in [2.24, 2.45) is 0 Å². The van der Waals surface area contributed by atoms with Gasteiger partial charge in [-0.15, -0.1) is 0 Å². The predicted octanol–water partition coefficient (Wildman–Crippen LogP) is 3.18. The molecule has 78 valence electrons. The zero-order valence-electron chi connectivity index (χ0n) is 8.76. The summed E-state index contributed by atoms with van der Waals surface area (Å²) in [6.45, 7) is 5.93. The van der Waals surface area contributed by atoms with E-state index in [0.717, 1.165) is 22.3 Å². The lowest BCUT2D eigenvalue weighted by atomic mass is 9.94. The number of thiol groups is 2. The van der Waals surface area contributed by atoms with Gasteiger partial charge in [0.05, 0.1) is 0 Å². The van der Waals surface area contributed by atoms with E-state index < -0.39 is 0 Å². The van der Waals surface area contributed by atoms with E-state index >= 15 is 0 Å². The number of hydrogen-bond donors (Lipinski definition) is 3. The topological polar surface area (TPSA) is 20.2 Å². The first-order valence-corrected chi connectivity index (χ1v) is 5.83. The summed E-state index contributed by atoms with van der Waals surface area (Å²) in [7, 11) is 0. The molecule has 1 rings (SSSR count). The lowest BCUT2D eigenvalue weighted by Gasteiger charge is -2.17. The van der Waals surface area contributed by atoms with Crippen molar-refractivity contribution >= 4 is 25.3 Å². The summed E-state index contributed by atoms with van der Waals surface area (Å²) < 4.78 is 0. The Bertz CT molecular complexity index is 328. The third-order valence-electron chi connectivity index (χ3n) is 2.84. The molecule has 0 aliphatic carbocycles. The first kappa shape index (κ1) is 11.8. The number of hydrogen-bond acceptors (Lipinski definition) is 3. The average molecular weight is 228 g/mol. The first-order chi connectivity index (χ1) is 6.54. The van der Waals surface area contributed by atoms with Crippen LogP contribution in [-0.2, 0) is 11.5 Å². The minimum atomic E-state index is 0.392. The lowest BCUT2D eigenvalue weighted by Crippen LogP contribution is -2.00. The van der Waals surface area contributed by atoms with Gasteiger partial charge >= 0.3 is 0 Å². The van der Waals surface area contributed by atoms with Gasteiger partial charge in [-0.05, 0) is 48.6 Å². The number of phenols is 1. The number of benzene rings is 1. The Hall–Kier alpha value is -0.280. The molecule has 0 atom stereocenters. The van der Waals surface area contributed by atoms with Crippen LogP contribution in [0.15, 0.2) is 0 Å². The molecule has 0 radical (unpaired) electrons. The highest BCUT2D eigenvalue weighted by Gasteiger charge is 2.14. The molecule has 0 aromatic heterocycles. The van der Waals surface area contributed by atoms with Gasteiger partial charge in [-0.1, -0.05) is 0 Å². The predicted molar refractivity (Wildman–Crippen MR) is 67.7 cm³/mol. The zero-order valence-corrected chi connectivity index (χ0v) is 10.5. The largest absolute Gasteiger partial charge is 0.507 e. The van der Waals surface area contributed by atoms with Crippen molar-refractivity contribution in [3.8, 4) is 5.75 Å². The Morgan fingerprint density at radius 2 is 1.21 bits per heavy atom. The summed E-state index contributed by atoms with van der Waals surface area (Å²) in [5, 5.41) is 9.89. The van der Waals surface area contributed by atoms with Crippen molar-refractivity contribution in [3.05, 3.63) is 27.8 Å². The standard InChI is InChI=1S/C11H16OS2/c1-6-9(4-13)7(2)11(12)8(3)10(6)5-14/h12-14H,4-5H2,1-3H3. The molecular formula is C11H16OS2. The Labute approximate surface area is 96.4 Å². The summed E-state index contributed by atoms with van der Waals surface area (Å²) in [5.41, 5.74) is 5.35. The van der Waals surface area contributed by atoms with Gasteiger partial charge in [-0.25, -0.2) is 0 Å². The fourth-order valence-electron chi connectivity index (χ4n) is 1.79. The second kappa shape index (κ2) is 4.49. The lowest BCUT2D eigenvalue weighted by molar-refractivity contribution is 0.465. The first-order valence-electron chi connectivity index (χ1n) is 4.56. The third kappa shape index (κ3) is 1.75. The molecule has 0 saturated carbocycles. The van der Waals surface area contributed by atoms with Gasteiger partial charge in [0.15, 0.2) is 0 Å². The van der Waals surface area contributed by atoms with Crippen molar-refractivity contribution < 1.29 is 5.11 Å². The summed E-state index contributed by atoms with van der Waals surface area (Å²) >= 11 is 8.56. The van der Waals surface area contributed by atoms with Crippen LogP contribution in [-0.4, -0.2) is 5.11 Å². The van der Waals surface area contributed by atoms with Gasteiger partial charge in [0, 0.05) is 11.5 Å². The summed E-state index contributed by atoms with van der Waals surface area (Å²) in [4.78, 5) is 0. The fraction of sp³-hybridized carbons (Fsp3) is 0.455. The quantitative estimate of drug-likeness (QED) is 0.664. The molecule has 0 unspecified atom stereocenters. The SMILES string of the molecule is Cc1c(O)c(C)c(CS)c(C)c1CS. The number of phenolic OH excluding ortho intramolecular Hbond substituents is 1. The Morgan fingerprint density at radius 3 is 1.50 bits per heavy atom. The maximum atomic E-state index is 9.89. The van der Waals surface area contributed by atoms with Gasteiger partial charge in [0.2, 0.25) is 0 Å². The van der Waals surface area contributed by atoms with E-state index in [2.05, 4.69) is 32.2 Å². The molecule has 3 heteroatoms. The molecule has 0 aliphatic rings. The summed E-state index contributed by atoms with van der Waals surface area (Å²) in [6.07, 6.45) is 0. The van der Waals surface area contributed by atoms with Crippen molar-refractivity contribution in [1.82, 2.24) is 0 Å². The molecule has 0 aliphatic heterocycles. The van der Waals surface area contributed by atoms with Crippen LogP contribution in [0.25, 0.3) is 0 Å². The highest BCUT2D eigenvalue weighted by molar-refractivity contribution is 7.79. The Kier molecular flexibility index (Phi) is 3.78. The fourth-order valence-corrected chi connectivity index (χ4v) is 2.73. The maximum absolute atomic E-state index is 9.89. The maximum Gasteiger partial charge on any atom is 0.122 e. The number of aromatic hydroxyl groups is 1. The van der Waals surface area contributed by atoms with Crippen molar-refractivity contribution in [3.63, 3.8) is 0 Å². The molecule has 0 heterocycles. The van der Waals surface area contributed by atoms with Crippen LogP contribution in [0.1, 0.15) is 27.8 Å². The second-order valence-corrected chi connectivity index (χ2v) is 4.13. The molecule has 0 fully saturated rings. The van der Waals surface area contributed by atoms with Crippen LogP contribution in [0.5, 0.6) is 5.75 Å². The highest BCUT2D eigenvalue weighted by atomic mass is 32.1. The Morgan fingerprint density at radius 1 is 0.857 bits per heavy atom. The minimum absolute atomic E-state index is 0.392. The molecule has 0 spiro atoms. The highest BCUT2D eigenvalue weighted by Crippen LogP contribution is 2.33. The van der Waals surface area contributed by atoms with Crippen LogP contribution in [0.3, 0.4) is 0 Å². The summed E-state index contributed by atoms with van der Waals surface area (Å²) in [5.74, 6) is 1.71. The van der Waals surface area contributed by atoms with Crippen molar-refractivity contribution in [2.75, 3.05) is 0 Å². The van der Waals surface area contributed by atoms with Gasteiger partial charge in [0.25, 0.3) is 0 Å². The van der Waals surface area contributed by atoms with E-state index in [1.165, 1.54) is 5.56 Å². The van der Waals surface area contributed by atoms with Crippen LogP contribution < -0.4 is 0 Å². The van der Waals surface area contributed by atoms with Crippen LogP contribution in [0.2, 0.25) is 0 Å². The molecule has 0 saturated heterocycles. The number of rotatable bonds is 2.